The van der Waals surface area contributed by atoms with Gasteiger partial charge in [0.05, 0.1) is 5.69 Å². The van der Waals surface area contributed by atoms with Crippen LogP contribution in [-0.2, 0) is 10.0 Å². The Kier molecular flexibility index (Phi) is 5.34. The molecule has 0 spiro atoms. The lowest BCUT2D eigenvalue weighted by molar-refractivity contribution is 0.256. The van der Waals surface area contributed by atoms with Crippen molar-refractivity contribution in [2.45, 2.75) is 38.1 Å². The maximum atomic E-state index is 12.3. The fourth-order valence-corrected chi connectivity index (χ4v) is 3.37. The topological polar surface area (TPSA) is 92.4 Å². The molecule has 5 nitrogen and oxygen atoms in total. The fourth-order valence-electron chi connectivity index (χ4n) is 1.84. The highest BCUT2D eigenvalue weighted by Crippen LogP contribution is 2.20. The molecule has 0 fully saturated rings. The number of hydrogen-bond donors (Lipinski definition) is 3. The molecule has 6 heteroatoms. The molecule has 0 saturated carbocycles. The molecule has 0 heterocycles. The molecule has 0 aromatic heterocycles. The zero-order valence-corrected chi connectivity index (χ0v) is 12.4. The van der Waals surface area contributed by atoms with Gasteiger partial charge in [0.15, 0.2) is 0 Å². The van der Waals surface area contributed by atoms with Gasteiger partial charge in [-0.15, -0.1) is 0 Å². The lowest BCUT2D eigenvalue weighted by Gasteiger charge is -2.22. The van der Waals surface area contributed by atoms with Gasteiger partial charge in [-0.2, -0.15) is 0 Å². The first-order valence-corrected chi connectivity index (χ1v) is 7.75. The van der Waals surface area contributed by atoms with Gasteiger partial charge < -0.3 is 10.8 Å². The van der Waals surface area contributed by atoms with E-state index in [1.807, 2.05) is 20.8 Å². The first-order chi connectivity index (χ1) is 8.77. The summed E-state index contributed by atoms with van der Waals surface area (Å²) in [4.78, 5) is 0.0849. The van der Waals surface area contributed by atoms with Crippen LogP contribution in [0.4, 0.5) is 5.69 Å². The Morgan fingerprint density at radius 3 is 2.47 bits per heavy atom. The van der Waals surface area contributed by atoms with Gasteiger partial charge in [0.25, 0.3) is 0 Å². The number of sulfonamides is 1. The molecular weight excluding hydrogens is 264 g/mol. The van der Waals surface area contributed by atoms with E-state index in [9.17, 15) is 8.42 Å². The second-order valence-corrected chi connectivity index (χ2v) is 6.71. The van der Waals surface area contributed by atoms with Crippen LogP contribution in [-0.4, -0.2) is 26.2 Å². The molecule has 4 N–H and O–H groups in total. The molecule has 0 aliphatic rings. The number of benzene rings is 1. The largest absolute Gasteiger partial charge is 0.398 e. The highest BCUT2D eigenvalue weighted by Gasteiger charge is 2.23. The second-order valence-electron chi connectivity index (χ2n) is 5.03. The predicted molar refractivity (Wildman–Crippen MR) is 76.2 cm³/mol. The number of nitrogens with one attached hydrogen (secondary N) is 1. The maximum Gasteiger partial charge on any atom is 0.242 e. The summed E-state index contributed by atoms with van der Waals surface area (Å²) < 4.78 is 27.2. The lowest BCUT2D eigenvalue weighted by atomic mass is 10.0. The smallest absolute Gasteiger partial charge is 0.242 e. The summed E-state index contributed by atoms with van der Waals surface area (Å²) in [5, 5.41) is 8.98. The van der Waals surface area contributed by atoms with Crippen LogP contribution >= 0.6 is 0 Å². The number of hydrogen-bond acceptors (Lipinski definition) is 4. The standard InChI is InChI=1S/C13H22N2O3S/c1-9(2)12(6-7-16)15-19(17,18)13-5-4-10(3)8-11(13)14/h4-5,8-9,12,15-16H,6-7,14H2,1-3H3. The number of aliphatic hydroxyl groups is 1. The first-order valence-electron chi connectivity index (χ1n) is 6.27. The molecule has 0 aliphatic heterocycles. The second kappa shape index (κ2) is 6.36. The van der Waals surface area contributed by atoms with Gasteiger partial charge in [-0.25, -0.2) is 13.1 Å². The lowest BCUT2D eigenvalue weighted by Crippen LogP contribution is -2.39. The Bertz CT molecular complexity index is 527. The molecule has 0 bridgehead atoms. The van der Waals surface area contributed by atoms with Crippen molar-refractivity contribution in [3.05, 3.63) is 23.8 Å². The SMILES string of the molecule is Cc1ccc(S(=O)(=O)NC(CCO)C(C)C)c(N)c1. The summed E-state index contributed by atoms with van der Waals surface area (Å²) in [6.45, 7) is 5.60. The highest BCUT2D eigenvalue weighted by atomic mass is 32.2. The molecule has 19 heavy (non-hydrogen) atoms. The van der Waals surface area contributed by atoms with Crippen LogP contribution < -0.4 is 10.5 Å². The Hall–Kier alpha value is -1.11. The molecule has 1 rings (SSSR count). The summed E-state index contributed by atoms with van der Waals surface area (Å²) in [5.41, 5.74) is 6.91. The summed E-state index contributed by atoms with van der Waals surface area (Å²) in [6.07, 6.45) is 0.378. The maximum absolute atomic E-state index is 12.3. The van der Waals surface area contributed by atoms with Crippen molar-refractivity contribution in [2.75, 3.05) is 12.3 Å². The Morgan fingerprint density at radius 1 is 1.37 bits per heavy atom. The third-order valence-electron chi connectivity index (χ3n) is 3.01. The van der Waals surface area contributed by atoms with Crippen LogP contribution in [0.5, 0.6) is 0 Å². The zero-order valence-electron chi connectivity index (χ0n) is 11.6. The van der Waals surface area contributed by atoms with Crippen LogP contribution in [0.15, 0.2) is 23.1 Å². The van der Waals surface area contributed by atoms with E-state index in [1.165, 1.54) is 6.07 Å². The third-order valence-corrected chi connectivity index (χ3v) is 4.57. The van der Waals surface area contributed by atoms with E-state index in [0.29, 0.717) is 6.42 Å². The minimum Gasteiger partial charge on any atom is -0.398 e. The molecule has 0 saturated heterocycles. The molecule has 0 amide bonds. The number of aliphatic hydroxyl groups excluding tert-OH is 1. The van der Waals surface area contributed by atoms with Crippen molar-refractivity contribution in [3.8, 4) is 0 Å². The van der Waals surface area contributed by atoms with Gasteiger partial charge in [-0.3, -0.25) is 0 Å². The Morgan fingerprint density at radius 2 is 2.00 bits per heavy atom. The summed E-state index contributed by atoms with van der Waals surface area (Å²) in [6, 6.07) is 4.53. The van der Waals surface area contributed by atoms with Crippen LogP contribution in [0, 0.1) is 12.8 Å². The normalized spacial score (nSPS) is 13.7. The van der Waals surface area contributed by atoms with Crippen LogP contribution in [0.1, 0.15) is 25.8 Å². The average molecular weight is 286 g/mol. The minimum absolute atomic E-state index is 0.0608. The number of anilines is 1. The van der Waals surface area contributed by atoms with Gasteiger partial charge >= 0.3 is 0 Å². The quantitative estimate of drug-likeness (QED) is 0.686. The van der Waals surface area contributed by atoms with Crippen LogP contribution in [0.3, 0.4) is 0 Å². The van der Waals surface area contributed by atoms with Gasteiger partial charge in [0.2, 0.25) is 10.0 Å². The molecular formula is C13H22N2O3S. The van der Waals surface area contributed by atoms with Gasteiger partial charge in [-0.05, 0) is 37.0 Å². The van der Waals surface area contributed by atoms with Crippen LogP contribution in [0.25, 0.3) is 0 Å². The zero-order chi connectivity index (χ0) is 14.6. The highest BCUT2D eigenvalue weighted by molar-refractivity contribution is 7.89. The Balaban J connectivity index is 3.03. The molecule has 1 aromatic rings. The average Bonchev–Trinajstić information content (AvgIpc) is 2.27. The predicted octanol–water partition coefficient (Wildman–Crippen LogP) is 1.26. The van der Waals surface area contributed by atoms with E-state index >= 15 is 0 Å². The molecule has 0 radical (unpaired) electrons. The van der Waals surface area contributed by atoms with E-state index in [-0.39, 0.29) is 29.1 Å². The van der Waals surface area contributed by atoms with Gasteiger partial charge in [-0.1, -0.05) is 19.9 Å². The van der Waals surface area contributed by atoms with Crippen molar-refractivity contribution in [3.63, 3.8) is 0 Å². The summed E-state index contributed by atoms with van der Waals surface area (Å²) >= 11 is 0. The van der Waals surface area contributed by atoms with E-state index in [4.69, 9.17) is 10.8 Å². The first kappa shape index (κ1) is 15.9. The molecule has 1 unspecified atom stereocenters. The van der Waals surface area contributed by atoms with Crippen molar-refractivity contribution in [1.29, 1.82) is 0 Å². The molecule has 1 atom stereocenters. The van der Waals surface area contributed by atoms with Crippen LogP contribution in [0.2, 0.25) is 0 Å². The van der Waals surface area contributed by atoms with Gasteiger partial charge in [0, 0.05) is 12.6 Å². The molecule has 108 valence electrons. The molecule has 1 aromatic carbocycles. The number of nitrogens with two attached hydrogens (primary N) is 1. The number of aryl methyl sites for hydroxylation is 1. The number of rotatable bonds is 6. The van der Waals surface area contributed by atoms with E-state index in [0.717, 1.165) is 5.56 Å². The van der Waals surface area contributed by atoms with Crippen molar-refractivity contribution in [1.82, 2.24) is 4.72 Å². The fraction of sp³-hybridized carbons (Fsp3) is 0.538. The number of nitrogen functional groups attached to an aromatic ring is 1. The van der Waals surface area contributed by atoms with E-state index in [1.54, 1.807) is 12.1 Å². The third kappa shape index (κ3) is 4.19. The summed E-state index contributed by atoms with van der Waals surface area (Å²) in [7, 11) is -3.66. The monoisotopic (exact) mass is 286 g/mol. The van der Waals surface area contributed by atoms with Gasteiger partial charge in [0.1, 0.15) is 4.90 Å². The van der Waals surface area contributed by atoms with Crippen molar-refractivity contribution < 1.29 is 13.5 Å². The minimum atomic E-state index is -3.66. The summed E-state index contributed by atoms with van der Waals surface area (Å²) in [5.74, 6) is 0.0913. The van der Waals surface area contributed by atoms with E-state index < -0.39 is 10.0 Å². The molecule has 0 aliphatic carbocycles. The van der Waals surface area contributed by atoms with Crippen molar-refractivity contribution in [2.24, 2.45) is 5.92 Å². The Labute approximate surface area is 114 Å². The van der Waals surface area contributed by atoms with Crippen molar-refractivity contribution >= 4 is 15.7 Å². The van der Waals surface area contributed by atoms with E-state index in [2.05, 4.69) is 4.72 Å².